The third-order valence-electron chi connectivity index (χ3n) is 3.35. The minimum atomic E-state index is -0.223. The van der Waals surface area contributed by atoms with E-state index in [4.69, 9.17) is 0 Å². The number of nitrogens with one attached hydrogen (secondary N) is 3. The zero-order chi connectivity index (χ0) is 13.2. The molecule has 98 valence electrons. The van der Waals surface area contributed by atoms with Crippen LogP contribution >= 0.6 is 0 Å². The zero-order valence-electron chi connectivity index (χ0n) is 10.7. The van der Waals surface area contributed by atoms with Gasteiger partial charge in [0.1, 0.15) is 6.04 Å². The average molecular weight is 256 g/mol. The molecule has 0 spiro atoms. The number of carbonyl (C=O) groups is 1. The molecule has 0 saturated carbocycles. The second-order valence-electron chi connectivity index (χ2n) is 4.68. The quantitative estimate of drug-likeness (QED) is 0.786. The van der Waals surface area contributed by atoms with Crippen LogP contribution in [0.3, 0.4) is 0 Å². The van der Waals surface area contributed by atoms with Crippen LogP contribution in [0, 0.1) is 0 Å². The molecule has 0 radical (unpaired) electrons. The highest BCUT2D eigenvalue weighted by Crippen LogP contribution is 2.25. The van der Waals surface area contributed by atoms with Crippen LogP contribution in [-0.2, 0) is 17.6 Å². The molecule has 0 saturated heterocycles. The Bertz CT molecular complexity index is 580. The van der Waals surface area contributed by atoms with Crippen molar-refractivity contribution < 1.29 is 4.79 Å². The van der Waals surface area contributed by atoms with Crippen molar-refractivity contribution in [1.82, 2.24) is 10.2 Å². The van der Waals surface area contributed by atoms with Gasteiger partial charge >= 0.3 is 0 Å². The van der Waals surface area contributed by atoms with Crippen LogP contribution in [0.1, 0.15) is 18.2 Å². The number of hydrogen-bond donors (Lipinski definition) is 3. The summed E-state index contributed by atoms with van der Waals surface area (Å²) in [6, 6.07) is 9.63. The third kappa shape index (κ3) is 2.31. The van der Waals surface area contributed by atoms with Gasteiger partial charge in [0.15, 0.2) is 5.82 Å². The predicted octanol–water partition coefficient (Wildman–Crippen LogP) is 1.95. The van der Waals surface area contributed by atoms with Crippen molar-refractivity contribution in [3.8, 4) is 0 Å². The molecule has 0 bridgehead atoms. The molecule has 19 heavy (non-hydrogen) atoms. The number of aromatic amines is 1. The van der Waals surface area contributed by atoms with Crippen LogP contribution < -0.4 is 10.6 Å². The lowest BCUT2D eigenvalue weighted by Gasteiger charge is -2.09. The van der Waals surface area contributed by atoms with Crippen LogP contribution in [0.15, 0.2) is 30.3 Å². The lowest BCUT2D eigenvalue weighted by Crippen LogP contribution is -2.32. The van der Waals surface area contributed by atoms with Crippen molar-refractivity contribution in [2.24, 2.45) is 0 Å². The molecule has 0 fully saturated rings. The number of H-pyrrole nitrogens is 1. The summed E-state index contributed by atoms with van der Waals surface area (Å²) >= 11 is 0. The summed E-state index contributed by atoms with van der Waals surface area (Å²) in [7, 11) is 0. The third-order valence-corrected chi connectivity index (χ3v) is 3.35. The molecule has 1 aromatic heterocycles. The Morgan fingerprint density at radius 2 is 2.32 bits per heavy atom. The Balaban J connectivity index is 1.66. The number of aryl methyl sites for hydroxylation is 1. The summed E-state index contributed by atoms with van der Waals surface area (Å²) in [5.41, 5.74) is 3.23. The monoisotopic (exact) mass is 256 g/mol. The van der Waals surface area contributed by atoms with E-state index in [2.05, 4.69) is 20.8 Å². The van der Waals surface area contributed by atoms with Crippen LogP contribution in [0.4, 0.5) is 11.5 Å². The van der Waals surface area contributed by atoms with E-state index in [0.717, 1.165) is 17.8 Å². The second kappa shape index (κ2) is 4.76. The maximum Gasteiger partial charge on any atom is 0.248 e. The summed E-state index contributed by atoms with van der Waals surface area (Å²) in [6.45, 7) is 2.04. The van der Waals surface area contributed by atoms with Gasteiger partial charge in [-0.1, -0.05) is 25.1 Å². The number of fused-ring (bicyclic) bond motifs is 1. The molecular formula is C14H16N4O. The summed E-state index contributed by atoms with van der Waals surface area (Å²) < 4.78 is 0. The number of aromatic nitrogens is 2. The minimum Gasteiger partial charge on any atom is -0.373 e. The Kier molecular flexibility index (Phi) is 2.95. The molecule has 5 heteroatoms. The van der Waals surface area contributed by atoms with E-state index in [1.54, 1.807) is 0 Å². The lowest BCUT2D eigenvalue weighted by atomic mass is 10.1. The molecule has 1 aliphatic heterocycles. The maximum atomic E-state index is 12.2. The fraction of sp³-hybridized carbons (Fsp3) is 0.286. The first-order valence-corrected chi connectivity index (χ1v) is 6.46. The van der Waals surface area contributed by atoms with Gasteiger partial charge in [-0.15, -0.1) is 0 Å². The Hall–Kier alpha value is -2.30. The van der Waals surface area contributed by atoms with Crippen LogP contribution in [0.2, 0.25) is 0 Å². The van der Waals surface area contributed by atoms with E-state index in [9.17, 15) is 4.79 Å². The molecule has 3 rings (SSSR count). The fourth-order valence-electron chi connectivity index (χ4n) is 2.28. The van der Waals surface area contributed by atoms with Gasteiger partial charge in [0, 0.05) is 23.9 Å². The fourth-order valence-corrected chi connectivity index (χ4v) is 2.28. The first-order valence-electron chi connectivity index (χ1n) is 6.46. The SMILES string of the molecule is CCc1cc(NC(=O)[C@@H]2Cc3ccccc3N2)n[nH]1. The van der Waals surface area contributed by atoms with Crippen molar-refractivity contribution in [3.63, 3.8) is 0 Å². The highest BCUT2D eigenvalue weighted by Gasteiger charge is 2.26. The van der Waals surface area contributed by atoms with E-state index in [1.807, 2.05) is 37.3 Å². The van der Waals surface area contributed by atoms with E-state index in [1.165, 1.54) is 5.56 Å². The Morgan fingerprint density at radius 1 is 1.47 bits per heavy atom. The normalized spacial score (nSPS) is 16.8. The lowest BCUT2D eigenvalue weighted by molar-refractivity contribution is -0.116. The van der Waals surface area contributed by atoms with Crippen LogP contribution in [0.25, 0.3) is 0 Å². The summed E-state index contributed by atoms with van der Waals surface area (Å²) in [4.78, 5) is 12.2. The van der Waals surface area contributed by atoms with Gasteiger partial charge in [-0.2, -0.15) is 5.10 Å². The molecule has 1 atom stereocenters. The average Bonchev–Trinajstić information content (AvgIpc) is 3.04. The van der Waals surface area contributed by atoms with Crippen LogP contribution in [0.5, 0.6) is 0 Å². The number of anilines is 2. The van der Waals surface area contributed by atoms with Crippen molar-refractivity contribution in [1.29, 1.82) is 0 Å². The highest BCUT2D eigenvalue weighted by molar-refractivity contribution is 5.97. The predicted molar refractivity (Wildman–Crippen MR) is 74.2 cm³/mol. The number of rotatable bonds is 3. The van der Waals surface area contributed by atoms with Crippen molar-refractivity contribution >= 4 is 17.4 Å². The molecule has 0 unspecified atom stereocenters. The number of benzene rings is 1. The molecule has 2 aromatic rings. The van der Waals surface area contributed by atoms with Gasteiger partial charge < -0.3 is 10.6 Å². The van der Waals surface area contributed by atoms with E-state index < -0.39 is 0 Å². The number of amides is 1. The van der Waals surface area contributed by atoms with Crippen LogP contribution in [-0.4, -0.2) is 22.1 Å². The van der Waals surface area contributed by atoms with Crippen molar-refractivity contribution in [2.45, 2.75) is 25.8 Å². The van der Waals surface area contributed by atoms with E-state index in [0.29, 0.717) is 12.2 Å². The van der Waals surface area contributed by atoms with Gasteiger partial charge in [0.25, 0.3) is 0 Å². The van der Waals surface area contributed by atoms with Gasteiger partial charge in [-0.3, -0.25) is 9.89 Å². The summed E-state index contributed by atoms with van der Waals surface area (Å²) in [5, 5.41) is 13.0. The summed E-state index contributed by atoms with van der Waals surface area (Å²) in [6.07, 6.45) is 1.59. The van der Waals surface area contributed by atoms with Gasteiger partial charge in [-0.05, 0) is 18.1 Å². The Labute approximate surface area is 111 Å². The van der Waals surface area contributed by atoms with E-state index in [-0.39, 0.29) is 11.9 Å². The molecular weight excluding hydrogens is 240 g/mol. The number of nitrogens with zero attached hydrogens (tertiary/aromatic N) is 1. The topological polar surface area (TPSA) is 69.8 Å². The molecule has 0 aliphatic carbocycles. The molecule has 1 amide bonds. The van der Waals surface area contributed by atoms with Gasteiger partial charge in [0.05, 0.1) is 0 Å². The smallest absolute Gasteiger partial charge is 0.248 e. The summed E-state index contributed by atoms with van der Waals surface area (Å²) in [5.74, 6) is 0.532. The molecule has 1 aromatic carbocycles. The van der Waals surface area contributed by atoms with E-state index >= 15 is 0 Å². The first-order chi connectivity index (χ1) is 9.26. The van der Waals surface area contributed by atoms with Gasteiger partial charge in [0.2, 0.25) is 5.91 Å². The Morgan fingerprint density at radius 3 is 3.05 bits per heavy atom. The minimum absolute atomic E-state index is 0.0506. The maximum absolute atomic E-state index is 12.2. The highest BCUT2D eigenvalue weighted by atomic mass is 16.2. The van der Waals surface area contributed by atoms with Crippen molar-refractivity contribution in [3.05, 3.63) is 41.6 Å². The number of para-hydroxylation sites is 1. The largest absolute Gasteiger partial charge is 0.373 e. The molecule has 2 heterocycles. The standard InChI is InChI=1S/C14H16N4O/c1-2-10-8-13(18-17-10)16-14(19)12-7-9-5-3-4-6-11(9)15-12/h3-6,8,12,15H,2,7H2,1H3,(H2,16,17,18,19)/t12-/m0/s1. The first kappa shape index (κ1) is 11.8. The zero-order valence-corrected chi connectivity index (χ0v) is 10.7. The molecule has 5 nitrogen and oxygen atoms in total. The second-order valence-corrected chi connectivity index (χ2v) is 4.68. The number of carbonyl (C=O) groups excluding carboxylic acids is 1. The molecule has 1 aliphatic rings. The van der Waals surface area contributed by atoms with Gasteiger partial charge in [-0.25, -0.2) is 0 Å². The number of hydrogen-bond acceptors (Lipinski definition) is 3. The van der Waals surface area contributed by atoms with Crippen molar-refractivity contribution in [2.75, 3.05) is 10.6 Å². The molecule has 3 N–H and O–H groups in total.